The van der Waals surface area contributed by atoms with Gasteiger partial charge >= 0.3 is 19.5 Å². The van der Waals surface area contributed by atoms with Gasteiger partial charge in [0, 0.05) is 0 Å². The zero-order chi connectivity index (χ0) is 14.6. The summed E-state index contributed by atoms with van der Waals surface area (Å²) in [7, 11) is 0. The fourth-order valence-corrected chi connectivity index (χ4v) is 3.49. The van der Waals surface area contributed by atoms with E-state index >= 15 is 0 Å². The molecule has 2 atom stereocenters. The van der Waals surface area contributed by atoms with Crippen LogP contribution in [0.25, 0.3) is 0 Å². The Balaban J connectivity index is 0.000000324. The minimum Gasteiger partial charge on any atom is -0.323 e. The van der Waals surface area contributed by atoms with E-state index in [9.17, 15) is 0 Å². The van der Waals surface area contributed by atoms with Crippen LogP contribution < -0.4 is 0 Å². The fraction of sp³-hybridized carbons (Fsp3) is 0.889. The van der Waals surface area contributed by atoms with Gasteiger partial charge in [-0.2, -0.15) is 22.7 Å². The zero-order valence-electron chi connectivity index (χ0n) is 15.0. The van der Waals surface area contributed by atoms with Crippen LogP contribution in [-0.2, 0) is 19.5 Å². The first kappa shape index (κ1) is 19.6. The summed E-state index contributed by atoms with van der Waals surface area (Å²) in [4.78, 5) is 0. The van der Waals surface area contributed by atoms with Crippen LogP contribution in [0, 0.1) is 46.3 Å². The molecule has 0 amide bonds. The molecule has 2 fully saturated rings. The molecule has 0 spiro atoms. The summed E-state index contributed by atoms with van der Waals surface area (Å²) in [6, 6.07) is 0. The first-order chi connectivity index (χ1) is 7.68. The number of hydrogen-bond donors (Lipinski definition) is 0. The Morgan fingerprint density at radius 1 is 0.632 bits per heavy atom. The van der Waals surface area contributed by atoms with Gasteiger partial charge in [0.25, 0.3) is 0 Å². The molecule has 0 saturated heterocycles. The predicted molar refractivity (Wildman–Crippen MR) is 82.1 cm³/mol. The van der Waals surface area contributed by atoms with Gasteiger partial charge in [0.1, 0.15) is 0 Å². The predicted octanol–water partition coefficient (Wildman–Crippen LogP) is 5.78. The van der Waals surface area contributed by atoms with Crippen molar-refractivity contribution in [1.82, 2.24) is 0 Å². The van der Waals surface area contributed by atoms with Gasteiger partial charge in [0.15, 0.2) is 0 Å². The van der Waals surface area contributed by atoms with Crippen molar-refractivity contribution in [2.75, 3.05) is 0 Å². The molecule has 0 N–H and O–H groups in total. The normalized spacial score (nSPS) is 30.6. The first-order valence-corrected chi connectivity index (χ1v) is 7.40. The molecule has 0 aromatic carbocycles. The Hall–Kier alpha value is 0.623. The van der Waals surface area contributed by atoms with E-state index in [-0.39, 0.29) is 19.5 Å². The molecule has 0 nitrogen and oxygen atoms in total. The average molecular weight is 316 g/mol. The van der Waals surface area contributed by atoms with Crippen molar-refractivity contribution >= 4 is 0 Å². The molecule has 0 heterocycles. The van der Waals surface area contributed by atoms with Crippen molar-refractivity contribution in [1.29, 1.82) is 0 Å². The van der Waals surface area contributed by atoms with Crippen LogP contribution in [0.5, 0.6) is 0 Å². The van der Waals surface area contributed by atoms with E-state index in [1.54, 1.807) is 0 Å². The van der Waals surface area contributed by atoms with Gasteiger partial charge in [-0.1, -0.05) is 80.1 Å². The van der Waals surface area contributed by atoms with Crippen molar-refractivity contribution in [3.63, 3.8) is 0 Å². The summed E-state index contributed by atoms with van der Waals surface area (Å²) in [5.41, 5.74) is 2.03. The summed E-state index contributed by atoms with van der Waals surface area (Å²) < 4.78 is 0. The molecular weight excluding hydrogens is 282 g/mol. The van der Waals surface area contributed by atoms with Gasteiger partial charge in [-0.3, -0.25) is 0 Å². The van der Waals surface area contributed by atoms with E-state index in [4.69, 9.17) is 0 Å². The van der Waals surface area contributed by atoms with E-state index in [0.29, 0.717) is 21.7 Å². The van der Waals surface area contributed by atoms with E-state index in [1.165, 1.54) is 0 Å². The number of hydrogen-bond acceptors (Lipinski definition) is 0. The van der Waals surface area contributed by atoms with Crippen molar-refractivity contribution < 1.29 is 19.5 Å². The van der Waals surface area contributed by atoms with Crippen molar-refractivity contribution in [2.45, 2.75) is 69.2 Å². The largest absolute Gasteiger partial charge is 2.00 e. The molecule has 0 aromatic heterocycles. The van der Waals surface area contributed by atoms with E-state index in [2.05, 4.69) is 82.1 Å². The van der Waals surface area contributed by atoms with Crippen molar-refractivity contribution in [3.05, 3.63) is 12.8 Å². The molecule has 2 aliphatic carbocycles. The van der Waals surface area contributed by atoms with Gasteiger partial charge in [0.2, 0.25) is 0 Å². The molecule has 108 valence electrons. The summed E-state index contributed by atoms with van der Waals surface area (Å²) in [5.74, 6) is 1.68. The van der Waals surface area contributed by atoms with Crippen LogP contribution in [0.2, 0.25) is 0 Å². The van der Waals surface area contributed by atoms with Crippen LogP contribution in [0.1, 0.15) is 69.2 Å². The summed E-state index contributed by atoms with van der Waals surface area (Å²) >= 11 is 0. The maximum Gasteiger partial charge on any atom is 2.00 e. The molecule has 19 heavy (non-hydrogen) atoms. The Bertz CT molecular complexity index is 267. The maximum absolute atomic E-state index is 2.44. The third kappa shape index (κ3) is 5.49. The minimum absolute atomic E-state index is 0. The zero-order valence-corrected chi connectivity index (χ0v) is 18.0. The van der Waals surface area contributed by atoms with Gasteiger partial charge in [0.05, 0.1) is 0 Å². The van der Waals surface area contributed by atoms with Crippen LogP contribution in [0.3, 0.4) is 0 Å². The molecule has 0 aliphatic heterocycles. The van der Waals surface area contributed by atoms with Gasteiger partial charge < -0.3 is 12.8 Å². The van der Waals surface area contributed by atoms with Crippen molar-refractivity contribution in [3.8, 4) is 0 Å². The second-order valence-electron chi connectivity index (χ2n) is 9.66. The van der Waals surface area contributed by atoms with E-state index in [1.807, 2.05) is 0 Å². The molecule has 2 saturated carbocycles. The average Bonchev–Trinajstić information content (AvgIpc) is 2.87. The Morgan fingerprint density at radius 3 is 0.789 bits per heavy atom. The molecule has 1 heteroatoms. The maximum atomic E-state index is 2.44. The third-order valence-electron chi connectivity index (χ3n) is 4.44. The van der Waals surface area contributed by atoms with Crippen molar-refractivity contribution in [2.24, 2.45) is 33.5 Å². The SMILES string of the molecule is CC(C)(C)[C@@H]1[CH-]C1(C)C.CC(C)(C)[C@@H]1[CH-]C1(C)C.[Zn+2]. The summed E-state index contributed by atoms with van der Waals surface area (Å²) in [6.45, 7) is 23.1. The van der Waals surface area contributed by atoms with Crippen LogP contribution in [0.15, 0.2) is 0 Å². The van der Waals surface area contributed by atoms with Gasteiger partial charge in [-0.15, -0.1) is 0 Å². The third-order valence-corrected chi connectivity index (χ3v) is 4.44. The molecule has 0 aromatic rings. The molecule has 0 radical (unpaired) electrons. The standard InChI is InChI=1S/2C9H17.Zn/c2*1-8(2,3)7-6-9(7,4)5;/h2*6-7H,1-5H3;/q2*-1;+2/t2*7-;/m00./s1. The number of rotatable bonds is 0. The molecule has 0 bridgehead atoms. The van der Waals surface area contributed by atoms with Gasteiger partial charge in [-0.25, -0.2) is 0 Å². The summed E-state index contributed by atoms with van der Waals surface area (Å²) in [6.07, 6.45) is 4.88. The second kappa shape index (κ2) is 5.43. The molecule has 2 rings (SSSR count). The quantitative estimate of drug-likeness (QED) is 0.392. The Kier molecular flexibility index (Phi) is 5.61. The monoisotopic (exact) mass is 314 g/mol. The smallest absolute Gasteiger partial charge is 0.323 e. The second-order valence-corrected chi connectivity index (χ2v) is 9.66. The van der Waals surface area contributed by atoms with E-state index < -0.39 is 0 Å². The van der Waals surface area contributed by atoms with Gasteiger partial charge in [-0.05, 0) is 0 Å². The minimum atomic E-state index is 0. The van der Waals surface area contributed by atoms with Crippen LogP contribution in [0.4, 0.5) is 0 Å². The summed E-state index contributed by atoms with van der Waals surface area (Å²) in [5, 5.41) is 0. The molecule has 0 unspecified atom stereocenters. The van der Waals surface area contributed by atoms with Crippen LogP contribution >= 0.6 is 0 Å². The van der Waals surface area contributed by atoms with E-state index in [0.717, 1.165) is 11.8 Å². The topological polar surface area (TPSA) is 0 Å². The Morgan fingerprint density at radius 2 is 0.789 bits per heavy atom. The molecule has 2 aliphatic rings. The first-order valence-electron chi connectivity index (χ1n) is 7.40. The van der Waals surface area contributed by atoms with Crippen LogP contribution in [-0.4, -0.2) is 0 Å². The molecular formula is C18H34Zn. The fourth-order valence-electron chi connectivity index (χ4n) is 3.49. The Labute approximate surface area is 135 Å².